The number of hydrogen-bond donors (Lipinski definition) is 1. The van der Waals surface area contributed by atoms with Gasteiger partial charge in [-0.1, -0.05) is 27.5 Å². The number of hydrogen-bond acceptors (Lipinski definition) is 5. The Hall–Kier alpha value is -2.94. The van der Waals surface area contributed by atoms with E-state index in [-0.39, 0.29) is 18.0 Å². The number of nitrogens with one attached hydrogen (secondary N) is 1. The van der Waals surface area contributed by atoms with Gasteiger partial charge in [0.25, 0.3) is 5.91 Å². The van der Waals surface area contributed by atoms with Crippen molar-refractivity contribution >= 4 is 50.4 Å². The van der Waals surface area contributed by atoms with Crippen molar-refractivity contribution in [2.24, 2.45) is 0 Å². The Labute approximate surface area is 179 Å². The minimum atomic E-state index is -0.332. The molecule has 29 heavy (non-hydrogen) atoms. The molecule has 2 heterocycles. The quantitative estimate of drug-likeness (QED) is 0.456. The summed E-state index contributed by atoms with van der Waals surface area (Å²) in [4.78, 5) is 20.7. The summed E-state index contributed by atoms with van der Waals surface area (Å²) >= 11 is 9.57. The lowest BCUT2D eigenvalue weighted by Crippen LogP contribution is -2.20. The highest BCUT2D eigenvalue weighted by molar-refractivity contribution is 9.10. The molecule has 0 atom stereocenters. The van der Waals surface area contributed by atoms with Gasteiger partial charge in [-0.2, -0.15) is 4.98 Å². The van der Waals surface area contributed by atoms with Gasteiger partial charge < -0.3 is 19.9 Å². The molecule has 0 fully saturated rings. The SMILES string of the molecule is O.O=C(COc1ccc(Br)cc1)Nc1cc(-c2nc3ncccc3o2)ccc1Cl. The summed E-state index contributed by atoms with van der Waals surface area (Å²) in [6, 6.07) is 15.9. The summed E-state index contributed by atoms with van der Waals surface area (Å²) in [5.74, 6) is 0.658. The minimum Gasteiger partial charge on any atom is -0.484 e. The minimum absolute atomic E-state index is 0. The van der Waals surface area contributed by atoms with Crippen molar-refractivity contribution in [1.82, 2.24) is 9.97 Å². The normalized spacial score (nSPS) is 10.4. The summed E-state index contributed by atoms with van der Waals surface area (Å²) in [5.41, 5.74) is 2.21. The van der Waals surface area contributed by atoms with E-state index in [4.69, 9.17) is 20.8 Å². The summed E-state index contributed by atoms with van der Waals surface area (Å²) < 4.78 is 12.1. The van der Waals surface area contributed by atoms with E-state index in [9.17, 15) is 4.79 Å². The number of aromatic nitrogens is 2. The first-order valence-electron chi connectivity index (χ1n) is 8.28. The third-order valence-electron chi connectivity index (χ3n) is 3.84. The Kier molecular flexibility index (Phi) is 6.48. The molecule has 2 aromatic carbocycles. The van der Waals surface area contributed by atoms with Crippen molar-refractivity contribution in [2.75, 3.05) is 11.9 Å². The number of carbonyl (C=O) groups is 1. The van der Waals surface area contributed by atoms with Crippen LogP contribution >= 0.6 is 27.5 Å². The lowest BCUT2D eigenvalue weighted by atomic mass is 10.2. The number of pyridine rings is 1. The molecule has 3 N–H and O–H groups in total. The van der Waals surface area contributed by atoms with Crippen LogP contribution in [0.5, 0.6) is 5.75 Å². The largest absolute Gasteiger partial charge is 0.484 e. The first-order chi connectivity index (χ1) is 13.6. The number of ether oxygens (including phenoxy) is 1. The molecule has 1 amide bonds. The number of carbonyl (C=O) groups excluding carboxylic acids is 1. The maximum atomic E-state index is 12.2. The van der Waals surface area contributed by atoms with Gasteiger partial charge in [-0.25, -0.2) is 4.98 Å². The average Bonchev–Trinajstić information content (AvgIpc) is 3.13. The second-order valence-corrected chi connectivity index (χ2v) is 7.15. The molecule has 0 unspecified atom stereocenters. The van der Waals surface area contributed by atoms with Gasteiger partial charge in [-0.15, -0.1) is 0 Å². The van der Waals surface area contributed by atoms with Crippen LogP contribution in [0.15, 0.2) is 69.7 Å². The summed E-state index contributed by atoms with van der Waals surface area (Å²) in [7, 11) is 0. The number of anilines is 1. The van der Waals surface area contributed by atoms with E-state index in [1.54, 1.807) is 48.7 Å². The fourth-order valence-electron chi connectivity index (χ4n) is 2.51. The Morgan fingerprint density at radius 3 is 2.72 bits per heavy atom. The van der Waals surface area contributed by atoms with Crippen LogP contribution in [0, 0.1) is 0 Å². The number of benzene rings is 2. The van der Waals surface area contributed by atoms with Crippen molar-refractivity contribution in [1.29, 1.82) is 0 Å². The van der Waals surface area contributed by atoms with E-state index in [1.165, 1.54) is 0 Å². The molecule has 148 valence electrons. The van der Waals surface area contributed by atoms with Crippen LogP contribution in [0.2, 0.25) is 5.02 Å². The second kappa shape index (κ2) is 9.04. The zero-order valence-electron chi connectivity index (χ0n) is 14.9. The smallest absolute Gasteiger partial charge is 0.262 e. The molecule has 7 nitrogen and oxygen atoms in total. The molecule has 2 aromatic heterocycles. The van der Waals surface area contributed by atoms with Gasteiger partial charge in [0.2, 0.25) is 5.89 Å². The second-order valence-electron chi connectivity index (χ2n) is 5.83. The van der Waals surface area contributed by atoms with Crippen molar-refractivity contribution in [3.63, 3.8) is 0 Å². The van der Waals surface area contributed by atoms with Crippen molar-refractivity contribution in [3.8, 4) is 17.2 Å². The van der Waals surface area contributed by atoms with Gasteiger partial charge in [0.1, 0.15) is 5.75 Å². The third kappa shape index (κ3) is 4.92. The molecular formula is C20H15BrClN3O4. The van der Waals surface area contributed by atoms with Gasteiger partial charge in [-0.3, -0.25) is 4.79 Å². The Bertz CT molecular complexity index is 1120. The number of rotatable bonds is 5. The van der Waals surface area contributed by atoms with Crippen molar-refractivity contribution < 1.29 is 19.4 Å². The number of amides is 1. The van der Waals surface area contributed by atoms with E-state index in [2.05, 4.69) is 31.2 Å². The molecular weight excluding hydrogens is 462 g/mol. The zero-order valence-corrected chi connectivity index (χ0v) is 17.2. The first kappa shape index (κ1) is 20.8. The fourth-order valence-corrected chi connectivity index (χ4v) is 2.94. The van der Waals surface area contributed by atoms with Gasteiger partial charge >= 0.3 is 0 Å². The lowest BCUT2D eigenvalue weighted by molar-refractivity contribution is -0.118. The van der Waals surface area contributed by atoms with Crippen LogP contribution in [0.1, 0.15) is 0 Å². The highest BCUT2D eigenvalue weighted by Gasteiger charge is 2.13. The highest BCUT2D eigenvalue weighted by Crippen LogP contribution is 2.30. The molecule has 0 aliphatic carbocycles. The average molecular weight is 477 g/mol. The van der Waals surface area contributed by atoms with Crippen LogP contribution in [-0.2, 0) is 4.79 Å². The number of halogens is 2. The zero-order chi connectivity index (χ0) is 19.5. The summed E-state index contributed by atoms with van der Waals surface area (Å²) in [6.45, 7) is -0.144. The Morgan fingerprint density at radius 2 is 1.97 bits per heavy atom. The van der Waals surface area contributed by atoms with Gasteiger partial charge in [0.15, 0.2) is 17.8 Å². The monoisotopic (exact) mass is 475 g/mol. The summed E-state index contributed by atoms with van der Waals surface area (Å²) in [6.07, 6.45) is 1.65. The number of oxazole rings is 1. The van der Waals surface area contributed by atoms with E-state index < -0.39 is 0 Å². The standard InChI is InChI=1S/C20H13BrClN3O3.H2O/c21-13-4-6-14(7-5-13)27-11-18(26)24-16-10-12(3-8-15(16)22)20-25-19-17(28-20)2-1-9-23-19;/h1-10H,11H2,(H,24,26);1H2. The van der Waals surface area contributed by atoms with Crippen LogP contribution in [0.3, 0.4) is 0 Å². The van der Waals surface area contributed by atoms with Crippen LogP contribution in [0.4, 0.5) is 5.69 Å². The predicted molar refractivity (Wildman–Crippen MR) is 114 cm³/mol. The van der Waals surface area contributed by atoms with Gasteiger partial charge in [0, 0.05) is 16.2 Å². The van der Waals surface area contributed by atoms with Crippen LogP contribution in [-0.4, -0.2) is 28.0 Å². The molecule has 0 saturated carbocycles. The molecule has 4 aromatic rings. The van der Waals surface area contributed by atoms with Crippen LogP contribution in [0.25, 0.3) is 22.7 Å². The molecule has 4 rings (SSSR count). The predicted octanol–water partition coefficient (Wildman–Crippen LogP) is 4.50. The lowest BCUT2D eigenvalue weighted by Gasteiger charge is -2.10. The fraction of sp³-hybridized carbons (Fsp3) is 0.0500. The van der Waals surface area contributed by atoms with Gasteiger partial charge in [-0.05, 0) is 54.6 Å². The molecule has 0 bridgehead atoms. The molecule has 0 radical (unpaired) electrons. The molecule has 9 heteroatoms. The number of nitrogens with zero attached hydrogens (tertiary/aromatic N) is 2. The van der Waals surface area contributed by atoms with Crippen molar-refractivity contribution in [3.05, 3.63) is 70.3 Å². The highest BCUT2D eigenvalue weighted by atomic mass is 79.9. The molecule has 0 spiro atoms. The molecule has 0 aliphatic heterocycles. The maximum absolute atomic E-state index is 12.2. The topological polar surface area (TPSA) is 109 Å². The third-order valence-corrected chi connectivity index (χ3v) is 4.69. The van der Waals surface area contributed by atoms with Gasteiger partial charge in [0.05, 0.1) is 10.7 Å². The first-order valence-corrected chi connectivity index (χ1v) is 9.45. The van der Waals surface area contributed by atoms with E-state index in [0.717, 1.165) is 4.47 Å². The van der Waals surface area contributed by atoms with Crippen LogP contribution < -0.4 is 10.1 Å². The Balaban J connectivity index is 0.00000240. The van der Waals surface area contributed by atoms with E-state index >= 15 is 0 Å². The number of fused-ring (bicyclic) bond motifs is 1. The van der Waals surface area contributed by atoms with E-state index in [1.807, 2.05) is 12.1 Å². The molecule has 0 aliphatic rings. The summed E-state index contributed by atoms with van der Waals surface area (Å²) in [5, 5.41) is 3.14. The van der Waals surface area contributed by atoms with E-state index in [0.29, 0.717) is 39.1 Å². The molecule has 0 saturated heterocycles. The maximum Gasteiger partial charge on any atom is 0.262 e. The van der Waals surface area contributed by atoms with Crippen molar-refractivity contribution in [2.45, 2.75) is 0 Å². The Morgan fingerprint density at radius 1 is 1.17 bits per heavy atom.